The molecule has 1 heterocycles. The topological polar surface area (TPSA) is 61.3 Å². The molecule has 7 heteroatoms. The van der Waals surface area contributed by atoms with Crippen molar-refractivity contribution in [2.75, 3.05) is 6.61 Å². The van der Waals surface area contributed by atoms with E-state index in [0.29, 0.717) is 15.8 Å². The van der Waals surface area contributed by atoms with Crippen molar-refractivity contribution in [1.29, 1.82) is 0 Å². The van der Waals surface area contributed by atoms with Crippen molar-refractivity contribution < 1.29 is 14.3 Å². The smallest absolute Gasteiger partial charge is 0.350 e. The maximum atomic E-state index is 11.5. The molecular weight excluding hydrogens is 291 g/mol. The van der Waals surface area contributed by atoms with Crippen molar-refractivity contribution in [3.05, 3.63) is 46.8 Å². The third-order valence-electron chi connectivity index (χ3n) is 2.00. The number of aromatic nitrogens is 2. The Bertz CT molecular complexity index is 578. The van der Waals surface area contributed by atoms with Crippen LogP contribution in [-0.4, -0.2) is 22.5 Å². The maximum Gasteiger partial charge on any atom is 0.350 e. The van der Waals surface area contributed by atoms with Crippen molar-refractivity contribution in [3.63, 3.8) is 0 Å². The van der Waals surface area contributed by atoms with Gasteiger partial charge in [0.15, 0.2) is 6.61 Å². The average molecular weight is 299 g/mol. The number of benzene rings is 1. The van der Waals surface area contributed by atoms with E-state index in [4.69, 9.17) is 32.7 Å². The summed E-state index contributed by atoms with van der Waals surface area (Å²) in [5.74, 6) is -0.146. The molecule has 0 unspecified atom stereocenters. The van der Waals surface area contributed by atoms with Crippen LogP contribution in [0, 0.1) is 0 Å². The molecule has 0 aliphatic rings. The van der Waals surface area contributed by atoms with Gasteiger partial charge in [0.2, 0.25) is 5.88 Å². The minimum Gasteiger partial charge on any atom is -0.480 e. The second-order valence-electron chi connectivity index (χ2n) is 3.38. The lowest BCUT2D eigenvalue weighted by molar-refractivity contribution is -0.136. The van der Waals surface area contributed by atoms with Crippen LogP contribution in [0.1, 0.15) is 0 Å². The molecule has 1 aromatic heterocycles. The van der Waals surface area contributed by atoms with E-state index in [9.17, 15) is 4.79 Å². The third kappa shape index (κ3) is 4.08. The van der Waals surface area contributed by atoms with Gasteiger partial charge < -0.3 is 9.47 Å². The molecule has 0 saturated heterocycles. The Kier molecular flexibility index (Phi) is 4.54. The summed E-state index contributed by atoms with van der Waals surface area (Å²) >= 11 is 11.6. The monoisotopic (exact) mass is 298 g/mol. The number of halogens is 2. The van der Waals surface area contributed by atoms with E-state index in [1.165, 1.54) is 24.7 Å². The minimum atomic E-state index is -0.605. The molecule has 0 aliphatic carbocycles. The van der Waals surface area contributed by atoms with Gasteiger partial charge in [-0.15, -0.1) is 0 Å². The van der Waals surface area contributed by atoms with Gasteiger partial charge in [0.05, 0.1) is 11.2 Å². The highest BCUT2D eigenvalue weighted by molar-refractivity contribution is 6.35. The van der Waals surface area contributed by atoms with Gasteiger partial charge in [-0.1, -0.05) is 23.2 Å². The molecule has 0 amide bonds. The molecule has 5 nitrogen and oxygen atoms in total. The Morgan fingerprint density at radius 2 is 2.11 bits per heavy atom. The van der Waals surface area contributed by atoms with E-state index < -0.39 is 5.97 Å². The van der Waals surface area contributed by atoms with Crippen molar-refractivity contribution in [2.24, 2.45) is 0 Å². The van der Waals surface area contributed by atoms with Crippen molar-refractivity contribution >= 4 is 29.2 Å². The van der Waals surface area contributed by atoms with Gasteiger partial charge in [0.25, 0.3) is 0 Å². The first-order chi connectivity index (χ1) is 9.15. The van der Waals surface area contributed by atoms with Crippen molar-refractivity contribution in [2.45, 2.75) is 0 Å². The van der Waals surface area contributed by atoms with Crippen LogP contribution in [0.15, 0.2) is 36.8 Å². The molecule has 0 fully saturated rings. The summed E-state index contributed by atoms with van der Waals surface area (Å²) in [4.78, 5) is 19.0. The Hall–Kier alpha value is -1.85. The van der Waals surface area contributed by atoms with E-state index in [0.717, 1.165) is 0 Å². The lowest BCUT2D eigenvalue weighted by Crippen LogP contribution is -2.18. The van der Waals surface area contributed by atoms with E-state index >= 15 is 0 Å². The van der Waals surface area contributed by atoms with Crippen LogP contribution in [-0.2, 0) is 4.79 Å². The molecule has 0 N–H and O–H groups in total. The number of rotatable bonds is 4. The molecule has 0 aliphatic heterocycles. The highest BCUT2D eigenvalue weighted by atomic mass is 35.5. The lowest BCUT2D eigenvalue weighted by atomic mass is 10.3. The fourth-order valence-corrected chi connectivity index (χ4v) is 1.68. The molecule has 0 spiro atoms. The van der Waals surface area contributed by atoms with Gasteiger partial charge in [0.1, 0.15) is 5.75 Å². The number of ether oxygens (including phenoxy) is 2. The summed E-state index contributed by atoms with van der Waals surface area (Å²) in [6, 6.07) is 4.70. The molecular formula is C12H8Cl2N2O3. The number of hydrogen-bond acceptors (Lipinski definition) is 5. The fraction of sp³-hybridized carbons (Fsp3) is 0.0833. The van der Waals surface area contributed by atoms with Gasteiger partial charge in [0, 0.05) is 17.4 Å². The highest BCUT2D eigenvalue weighted by Crippen LogP contribution is 2.27. The molecule has 0 bridgehead atoms. The summed E-state index contributed by atoms with van der Waals surface area (Å²) in [6.07, 6.45) is 4.22. The predicted octanol–water partition coefficient (Wildman–Crippen LogP) is 2.77. The highest BCUT2D eigenvalue weighted by Gasteiger charge is 2.09. The van der Waals surface area contributed by atoms with Crippen molar-refractivity contribution in [3.8, 4) is 11.6 Å². The summed E-state index contributed by atoms with van der Waals surface area (Å²) in [7, 11) is 0. The van der Waals surface area contributed by atoms with Gasteiger partial charge in [-0.25, -0.2) is 9.78 Å². The van der Waals surface area contributed by atoms with Crippen LogP contribution in [0.3, 0.4) is 0 Å². The summed E-state index contributed by atoms with van der Waals surface area (Å²) in [6.45, 7) is -0.294. The minimum absolute atomic E-state index is 0.110. The Balaban J connectivity index is 1.90. The van der Waals surface area contributed by atoms with Gasteiger partial charge >= 0.3 is 5.97 Å². The number of carbonyl (C=O) groups is 1. The van der Waals surface area contributed by atoms with Crippen LogP contribution >= 0.6 is 23.2 Å². The maximum absolute atomic E-state index is 11.5. The first-order valence-electron chi connectivity index (χ1n) is 5.19. The molecule has 98 valence electrons. The summed E-state index contributed by atoms with van der Waals surface area (Å²) in [5, 5.41) is 0.805. The lowest BCUT2D eigenvalue weighted by Gasteiger charge is -2.07. The van der Waals surface area contributed by atoms with Gasteiger partial charge in [-0.2, -0.15) is 0 Å². The van der Waals surface area contributed by atoms with E-state index in [-0.39, 0.29) is 12.5 Å². The molecule has 19 heavy (non-hydrogen) atoms. The molecule has 2 aromatic rings. The Labute approximate surface area is 119 Å². The first kappa shape index (κ1) is 13.6. The largest absolute Gasteiger partial charge is 0.480 e. The normalized spacial score (nSPS) is 10.0. The molecule has 0 atom stereocenters. The number of carbonyl (C=O) groups excluding carboxylic acids is 1. The standard InChI is InChI=1S/C12H8Cl2N2O3/c13-8-1-2-10(9(14)5-8)18-7-12(17)19-11-6-15-3-4-16-11/h1-6H,7H2. The quantitative estimate of drug-likeness (QED) is 0.812. The second kappa shape index (κ2) is 6.36. The molecule has 2 rings (SSSR count). The summed E-state index contributed by atoms with van der Waals surface area (Å²) in [5.41, 5.74) is 0. The molecule has 1 aromatic carbocycles. The van der Waals surface area contributed by atoms with Gasteiger partial charge in [-0.3, -0.25) is 4.98 Å². The predicted molar refractivity (Wildman–Crippen MR) is 69.6 cm³/mol. The number of nitrogens with zero attached hydrogens (tertiary/aromatic N) is 2. The van der Waals surface area contributed by atoms with Crippen LogP contribution < -0.4 is 9.47 Å². The van der Waals surface area contributed by atoms with E-state index in [2.05, 4.69) is 9.97 Å². The van der Waals surface area contributed by atoms with E-state index in [1.54, 1.807) is 12.1 Å². The fourth-order valence-electron chi connectivity index (χ4n) is 1.21. The molecule has 0 radical (unpaired) electrons. The number of esters is 1. The van der Waals surface area contributed by atoms with E-state index in [1.807, 2.05) is 0 Å². The number of hydrogen-bond donors (Lipinski definition) is 0. The Morgan fingerprint density at radius 1 is 1.26 bits per heavy atom. The zero-order valence-corrected chi connectivity index (χ0v) is 11.1. The third-order valence-corrected chi connectivity index (χ3v) is 2.53. The zero-order valence-electron chi connectivity index (χ0n) is 9.55. The first-order valence-corrected chi connectivity index (χ1v) is 5.95. The second-order valence-corrected chi connectivity index (χ2v) is 4.22. The Morgan fingerprint density at radius 3 is 2.79 bits per heavy atom. The van der Waals surface area contributed by atoms with Crippen LogP contribution in [0.4, 0.5) is 0 Å². The van der Waals surface area contributed by atoms with Gasteiger partial charge in [-0.05, 0) is 18.2 Å². The van der Waals surface area contributed by atoms with Crippen LogP contribution in [0.5, 0.6) is 11.6 Å². The zero-order chi connectivity index (χ0) is 13.7. The van der Waals surface area contributed by atoms with Crippen LogP contribution in [0.2, 0.25) is 10.0 Å². The van der Waals surface area contributed by atoms with Crippen molar-refractivity contribution in [1.82, 2.24) is 9.97 Å². The SMILES string of the molecule is O=C(COc1ccc(Cl)cc1Cl)Oc1cnccn1. The molecule has 0 saturated carbocycles. The average Bonchev–Trinajstić information content (AvgIpc) is 2.39. The van der Waals surface area contributed by atoms with Crippen LogP contribution in [0.25, 0.3) is 0 Å². The summed E-state index contributed by atoms with van der Waals surface area (Å²) < 4.78 is 10.1.